The zero-order chi connectivity index (χ0) is 13.1. The van der Waals surface area contributed by atoms with E-state index in [4.69, 9.17) is 5.73 Å². The zero-order valence-electron chi connectivity index (χ0n) is 11.1. The summed E-state index contributed by atoms with van der Waals surface area (Å²) in [4.78, 5) is 2.11. The van der Waals surface area contributed by atoms with Crippen LogP contribution >= 0.6 is 0 Å². The Balaban J connectivity index is 2.27. The lowest BCUT2D eigenvalue weighted by atomic mass is 10.1. The van der Waals surface area contributed by atoms with Crippen molar-refractivity contribution in [2.24, 2.45) is 0 Å². The first-order valence-electron chi connectivity index (χ1n) is 5.97. The van der Waals surface area contributed by atoms with E-state index >= 15 is 0 Å². The molecule has 0 aliphatic rings. The molecule has 0 saturated carbocycles. The van der Waals surface area contributed by atoms with E-state index in [2.05, 4.69) is 35.3 Å². The third kappa shape index (κ3) is 2.74. The van der Waals surface area contributed by atoms with Crippen LogP contribution in [0.5, 0.6) is 0 Å². The predicted molar refractivity (Wildman–Crippen MR) is 79.6 cm³/mol. The highest BCUT2D eigenvalue weighted by Crippen LogP contribution is 2.25. The highest BCUT2D eigenvalue weighted by Gasteiger charge is 2.02. The summed E-state index contributed by atoms with van der Waals surface area (Å²) in [6.45, 7) is 2.11. The van der Waals surface area contributed by atoms with E-state index in [1.54, 1.807) is 0 Å². The molecule has 0 atom stereocenters. The lowest BCUT2D eigenvalue weighted by Gasteiger charge is -2.17. The van der Waals surface area contributed by atoms with E-state index in [0.717, 1.165) is 17.1 Å². The number of aryl methyl sites for hydroxylation is 1. The maximum absolute atomic E-state index is 5.77. The minimum absolute atomic E-state index is 0.764. The summed E-state index contributed by atoms with van der Waals surface area (Å²) in [6.07, 6.45) is 0. The van der Waals surface area contributed by atoms with Crippen LogP contribution in [0.2, 0.25) is 0 Å². The molecule has 3 heteroatoms. The summed E-state index contributed by atoms with van der Waals surface area (Å²) in [6, 6.07) is 14.1. The molecule has 0 aromatic heterocycles. The van der Waals surface area contributed by atoms with Gasteiger partial charge < -0.3 is 16.0 Å². The van der Waals surface area contributed by atoms with Crippen LogP contribution < -0.4 is 16.0 Å². The van der Waals surface area contributed by atoms with Gasteiger partial charge in [-0.2, -0.15) is 0 Å². The number of benzene rings is 2. The van der Waals surface area contributed by atoms with Gasteiger partial charge in [-0.3, -0.25) is 0 Å². The van der Waals surface area contributed by atoms with Crippen molar-refractivity contribution in [3.05, 3.63) is 48.0 Å². The summed E-state index contributed by atoms with van der Waals surface area (Å²) < 4.78 is 0. The number of hydrogen-bond acceptors (Lipinski definition) is 3. The van der Waals surface area contributed by atoms with Crippen molar-refractivity contribution in [2.75, 3.05) is 30.0 Å². The molecule has 18 heavy (non-hydrogen) atoms. The third-order valence-corrected chi connectivity index (χ3v) is 2.87. The normalized spacial score (nSPS) is 10.2. The third-order valence-electron chi connectivity index (χ3n) is 2.87. The van der Waals surface area contributed by atoms with Gasteiger partial charge in [0.05, 0.1) is 0 Å². The molecule has 0 heterocycles. The molecule has 0 unspecified atom stereocenters. The molecular formula is C15H19N3. The SMILES string of the molecule is Cc1ccc(Nc2cccc(N)c2)cc1N(C)C. The van der Waals surface area contributed by atoms with Crippen molar-refractivity contribution in [3.63, 3.8) is 0 Å². The van der Waals surface area contributed by atoms with Crippen molar-refractivity contribution < 1.29 is 0 Å². The van der Waals surface area contributed by atoms with Crippen molar-refractivity contribution in [2.45, 2.75) is 6.92 Å². The van der Waals surface area contributed by atoms with Crippen LogP contribution in [0.4, 0.5) is 22.7 Å². The zero-order valence-corrected chi connectivity index (χ0v) is 11.1. The van der Waals surface area contributed by atoms with Gasteiger partial charge in [0.1, 0.15) is 0 Å². The number of rotatable bonds is 3. The van der Waals surface area contributed by atoms with Gasteiger partial charge in [0.2, 0.25) is 0 Å². The van der Waals surface area contributed by atoms with E-state index in [1.807, 2.05) is 38.4 Å². The number of nitrogen functional groups attached to an aromatic ring is 1. The molecule has 0 saturated heterocycles. The standard InChI is InChI=1S/C15H19N3/c1-11-7-8-14(10-15(11)18(2)3)17-13-6-4-5-12(16)9-13/h4-10,17H,16H2,1-3H3. The molecule has 0 spiro atoms. The molecule has 0 aliphatic heterocycles. The summed E-state index contributed by atoms with van der Waals surface area (Å²) in [5.41, 5.74) is 11.1. The van der Waals surface area contributed by atoms with Gasteiger partial charge in [0.25, 0.3) is 0 Å². The average Bonchev–Trinajstić information content (AvgIpc) is 2.31. The topological polar surface area (TPSA) is 41.3 Å². The molecule has 94 valence electrons. The Hall–Kier alpha value is -2.16. The van der Waals surface area contributed by atoms with E-state index in [-0.39, 0.29) is 0 Å². The Kier molecular flexibility index (Phi) is 3.42. The number of hydrogen-bond donors (Lipinski definition) is 2. The van der Waals surface area contributed by atoms with Crippen LogP contribution in [0.25, 0.3) is 0 Å². The molecule has 0 fully saturated rings. The first-order valence-corrected chi connectivity index (χ1v) is 5.97. The Morgan fingerprint density at radius 1 is 1.00 bits per heavy atom. The number of anilines is 4. The number of nitrogens with one attached hydrogen (secondary N) is 1. The van der Waals surface area contributed by atoms with Gasteiger partial charge in [0.15, 0.2) is 0 Å². The molecule has 0 aliphatic carbocycles. The van der Waals surface area contributed by atoms with Gasteiger partial charge in [-0.1, -0.05) is 12.1 Å². The van der Waals surface area contributed by atoms with Gasteiger partial charge >= 0.3 is 0 Å². The Morgan fingerprint density at radius 3 is 2.39 bits per heavy atom. The summed E-state index contributed by atoms with van der Waals surface area (Å²) in [5, 5.41) is 3.36. The quantitative estimate of drug-likeness (QED) is 0.809. The minimum atomic E-state index is 0.764. The molecule has 3 nitrogen and oxygen atoms in total. The largest absolute Gasteiger partial charge is 0.399 e. The van der Waals surface area contributed by atoms with Gasteiger partial charge in [-0.25, -0.2) is 0 Å². The van der Waals surface area contributed by atoms with E-state index < -0.39 is 0 Å². The van der Waals surface area contributed by atoms with Crippen LogP contribution in [0, 0.1) is 6.92 Å². The highest BCUT2D eigenvalue weighted by atomic mass is 15.1. The summed E-state index contributed by atoms with van der Waals surface area (Å²) in [7, 11) is 4.10. The van der Waals surface area contributed by atoms with Crippen LogP contribution in [-0.4, -0.2) is 14.1 Å². The van der Waals surface area contributed by atoms with Gasteiger partial charge in [0, 0.05) is 36.8 Å². The fraction of sp³-hybridized carbons (Fsp3) is 0.200. The van der Waals surface area contributed by atoms with E-state index in [0.29, 0.717) is 0 Å². The maximum Gasteiger partial charge on any atom is 0.0411 e. The molecular weight excluding hydrogens is 222 g/mol. The van der Waals surface area contributed by atoms with Gasteiger partial charge in [-0.15, -0.1) is 0 Å². The lowest BCUT2D eigenvalue weighted by molar-refractivity contribution is 1.11. The summed E-state index contributed by atoms with van der Waals surface area (Å²) in [5.74, 6) is 0. The first kappa shape index (κ1) is 12.3. The van der Waals surface area contributed by atoms with Crippen LogP contribution in [0.1, 0.15) is 5.56 Å². The van der Waals surface area contributed by atoms with Crippen molar-refractivity contribution in [1.29, 1.82) is 0 Å². The second kappa shape index (κ2) is 5.00. The number of nitrogens with zero attached hydrogens (tertiary/aromatic N) is 1. The monoisotopic (exact) mass is 241 g/mol. The maximum atomic E-state index is 5.77. The van der Waals surface area contributed by atoms with Crippen LogP contribution in [-0.2, 0) is 0 Å². The smallest absolute Gasteiger partial charge is 0.0411 e. The molecule has 0 radical (unpaired) electrons. The molecule has 0 amide bonds. The first-order chi connectivity index (χ1) is 8.56. The Labute approximate surface area is 108 Å². The van der Waals surface area contributed by atoms with Crippen molar-refractivity contribution in [1.82, 2.24) is 0 Å². The molecule has 2 rings (SSSR count). The van der Waals surface area contributed by atoms with Crippen molar-refractivity contribution in [3.8, 4) is 0 Å². The van der Waals surface area contributed by atoms with Crippen LogP contribution in [0.3, 0.4) is 0 Å². The summed E-state index contributed by atoms with van der Waals surface area (Å²) >= 11 is 0. The average molecular weight is 241 g/mol. The molecule has 2 aromatic carbocycles. The Morgan fingerprint density at radius 2 is 1.72 bits per heavy atom. The lowest BCUT2D eigenvalue weighted by Crippen LogP contribution is -2.10. The second-order valence-electron chi connectivity index (χ2n) is 4.65. The highest BCUT2D eigenvalue weighted by molar-refractivity contribution is 5.68. The second-order valence-corrected chi connectivity index (χ2v) is 4.65. The fourth-order valence-corrected chi connectivity index (χ4v) is 1.95. The van der Waals surface area contributed by atoms with Gasteiger partial charge in [-0.05, 0) is 42.8 Å². The van der Waals surface area contributed by atoms with Crippen molar-refractivity contribution >= 4 is 22.7 Å². The minimum Gasteiger partial charge on any atom is -0.399 e. The fourth-order valence-electron chi connectivity index (χ4n) is 1.95. The Bertz CT molecular complexity index is 547. The molecule has 2 aromatic rings. The van der Waals surface area contributed by atoms with Crippen LogP contribution in [0.15, 0.2) is 42.5 Å². The number of nitrogens with two attached hydrogens (primary N) is 1. The predicted octanol–water partition coefficient (Wildman–Crippen LogP) is 3.39. The van der Waals surface area contributed by atoms with E-state index in [9.17, 15) is 0 Å². The molecule has 0 bridgehead atoms. The molecule has 3 N–H and O–H groups in total. The van der Waals surface area contributed by atoms with E-state index in [1.165, 1.54) is 11.3 Å².